The molecule has 0 saturated carbocycles. The van der Waals surface area contributed by atoms with Crippen LogP contribution in [0.15, 0.2) is 29.7 Å². The van der Waals surface area contributed by atoms with Crippen molar-refractivity contribution in [1.82, 2.24) is 15.2 Å². The lowest BCUT2D eigenvalue weighted by Gasteiger charge is -2.13. The van der Waals surface area contributed by atoms with Crippen LogP contribution in [0.1, 0.15) is 6.92 Å². The van der Waals surface area contributed by atoms with E-state index in [1.54, 1.807) is 6.92 Å². The first-order valence-corrected chi connectivity index (χ1v) is 7.04. The van der Waals surface area contributed by atoms with E-state index in [9.17, 15) is 14.9 Å². The Morgan fingerprint density at radius 2 is 2.32 bits per heavy atom. The quantitative estimate of drug-likeness (QED) is 0.472. The Balaban J connectivity index is 2.12. The van der Waals surface area contributed by atoms with Gasteiger partial charge in [-0.1, -0.05) is 11.8 Å². The highest BCUT2D eigenvalue weighted by atomic mass is 32.2. The molecule has 1 heterocycles. The van der Waals surface area contributed by atoms with Crippen molar-refractivity contribution in [3.8, 4) is 5.75 Å². The lowest BCUT2D eigenvalue weighted by molar-refractivity contribution is -0.384. The molecule has 116 valence electrons. The fourth-order valence-corrected chi connectivity index (χ4v) is 2.33. The molecule has 1 aromatic heterocycles. The number of benzene rings is 1. The molecular weight excluding hydrogens is 310 g/mol. The number of ether oxygens (including phenoxy) is 1. The predicted molar refractivity (Wildman–Crippen MR) is 80.0 cm³/mol. The van der Waals surface area contributed by atoms with E-state index in [2.05, 4.69) is 20.5 Å². The molecule has 10 heteroatoms. The zero-order valence-corrected chi connectivity index (χ0v) is 12.6. The second-order valence-electron chi connectivity index (χ2n) is 4.18. The number of nitrogens with zero attached hydrogens (tertiary/aromatic N) is 3. The molecule has 22 heavy (non-hydrogen) atoms. The summed E-state index contributed by atoms with van der Waals surface area (Å²) < 4.78 is 5.09. The highest BCUT2D eigenvalue weighted by Crippen LogP contribution is 2.30. The average Bonchev–Trinajstić information content (AvgIpc) is 2.99. The molecule has 2 rings (SSSR count). The summed E-state index contributed by atoms with van der Waals surface area (Å²) in [6.45, 7) is 1.69. The molecule has 0 radical (unpaired) electrons. The molecule has 9 nitrogen and oxygen atoms in total. The number of hydrogen-bond acceptors (Lipinski definition) is 7. The van der Waals surface area contributed by atoms with Gasteiger partial charge in [-0.2, -0.15) is 5.10 Å². The van der Waals surface area contributed by atoms with Gasteiger partial charge in [0.1, 0.15) is 12.1 Å². The van der Waals surface area contributed by atoms with Crippen LogP contribution >= 0.6 is 11.8 Å². The van der Waals surface area contributed by atoms with Gasteiger partial charge in [-0.05, 0) is 13.0 Å². The Kier molecular flexibility index (Phi) is 4.94. The fourth-order valence-electron chi connectivity index (χ4n) is 1.61. The number of aromatic amines is 1. The summed E-state index contributed by atoms with van der Waals surface area (Å²) in [5, 5.41) is 19.8. The van der Waals surface area contributed by atoms with Crippen LogP contribution in [0.25, 0.3) is 0 Å². The van der Waals surface area contributed by atoms with Gasteiger partial charge in [-0.3, -0.25) is 20.0 Å². The van der Waals surface area contributed by atoms with Crippen LogP contribution in [0.5, 0.6) is 5.75 Å². The molecule has 0 unspecified atom stereocenters. The maximum atomic E-state index is 12.2. The number of aromatic nitrogens is 3. The minimum atomic E-state index is -0.540. The summed E-state index contributed by atoms with van der Waals surface area (Å²) in [6, 6.07) is 3.99. The third kappa shape index (κ3) is 3.73. The van der Waals surface area contributed by atoms with Crippen molar-refractivity contribution in [2.24, 2.45) is 0 Å². The number of methoxy groups -OCH3 is 1. The van der Waals surface area contributed by atoms with Crippen LogP contribution in [-0.4, -0.2) is 38.4 Å². The summed E-state index contributed by atoms with van der Waals surface area (Å²) in [5.74, 6) is 0.0102. The smallest absolute Gasteiger partial charge is 0.271 e. The molecule has 2 aromatic rings. The van der Waals surface area contributed by atoms with Crippen LogP contribution in [0, 0.1) is 10.1 Å². The number of non-ortho nitro benzene ring substituents is 1. The standard InChI is InChI=1S/C12H13N5O4S/c1-7(22-12-13-6-14-16-12)11(18)15-9-5-8(17(19)20)3-4-10(9)21-2/h3-7H,1-2H3,(H,15,18)(H,13,14,16)/t7-/m1/s1. The van der Waals surface area contributed by atoms with Gasteiger partial charge in [0, 0.05) is 12.1 Å². The molecule has 0 saturated heterocycles. The van der Waals surface area contributed by atoms with Crippen LogP contribution in [0.3, 0.4) is 0 Å². The van der Waals surface area contributed by atoms with E-state index in [-0.39, 0.29) is 17.3 Å². The average molecular weight is 323 g/mol. The van der Waals surface area contributed by atoms with Gasteiger partial charge in [0.15, 0.2) is 5.16 Å². The number of nitro benzene ring substituents is 1. The molecule has 0 spiro atoms. The summed E-state index contributed by atoms with van der Waals surface area (Å²) in [7, 11) is 1.42. The third-order valence-electron chi connectivity index (χ3n) is 2.70. The third-order valence-corrected chi connectivity index (χ3v) is 3.69. The predicted octanol–water partition coefficient (Wildman–Crippen LogP) is 1.84. The van der Waals surface area contributed by atoms with Crippen molar-refractivity contribution >= 4 is 29.0 Å². The fraction of sp³-hybridized carbons (Fsp3) is 0.250. The molecule has 0 aliphatic carbocycles. The van der Waals surface area contributed by atoms with E-state index in [0.717, 1.165) is 0 Å². The molecule has 1 amide bonds. The van der Waals surface area contributed by atoms with Crippen molar-refractivity contribution in [2.45, 2.75) is 17.3 Å². The largest absolute Gasteiger partial charge is 0.495 e. The van der Waals surface area contributed by atoms with Crippen LogP contribution < -0.4 is 10.1 Å². The second-order valence-corrected chi connectivity index (χ2v) is 5.51. The van der Waals surface area contributed by atoms with Gasteiger partial charge < -0.3 is 10.1 Å². The number of H-pyrrole nitrogens is 1. The first-order valence-electron chi connectivity index (χ1n) is 6.16. The number of carbonyl (C=O) groups excluding carboxylic acids is 1. The Morgan fingerprint density at radius 3 is 2.91 bits per heavy atom. The molecule has 0 fully saturated rings. The Morgan fingerprint density at radius 1 is 1.55 bits per heavy atom. The number of amides is 1. The number of nitro groups is 1. The normalized spacial score (nSPS) is 11.7. The van der Waals surface area contributed by atoms with Crippen molar-refractivity contribution < 1.29 is 14.5 Å². The number of anilines is 1. The number of hydrogen-bond donors (Lipinski definition) is 2. The van der Waals surface area contributed by atoms with Gasteiger partial charge in [0.2, 0.25) is 5.91 Å². The van der Waals surface area contributed by atoms with Gasteiger partial charge >= 0.3 is 0 Å². The van der Waals surface area contributed by atoms with Crippen LogP contribution in [-0.2, 0) is 4.79 Å². The van der Waals surface area contributed by atoms with E-state index in [4.69, 9.17) is 4.74 Å². The first kappa shape index (κ1) is 15.8. The van der Waals surface area contributed by atoms with Crippen molar-refractivity contribution in [3.63, 3.8) is 0 Å². The second kappa shape index (κ2) is 6.89. The van der Waals surface area contributed by atoms with E-state index in [0.29, 0.717) is 10.9 Å². The van der Waals surface area contributed by atoms with Crippen molar-refractivity contribution in [2.75, 3.05) is 12.4 Å². The Hall–Kier alpha value is -2.62. The molecule has 1 atom stereocenters. The minimum absolute atomic E-state index is 0.133. The molecule has 1 aromatic carbocycles. The molecule has 0 bridgehead atoms. The monoisotopic (exact) mass is 323 g/mol. The molecule has 2 N–H and O–H groups in total. The minimum Gasteiger partial charge on any atom is -0.495 e. The SMILES string of the molecule is COc1ccc([N+](=O)[O-])cc1NC(=O)[C@@H](C)Sc1ncn[nH]1. The highest BCUT2D eigenvalue weighted by molar-refractivity contribution is 8.00. The van der Waals surface area contributed by atoms with Gasteiger partial charge in [0.05, 0.1) is 23.0 Å². The first-order chi connectivity index (χ1) is 10.5. The molecule has 0 aliphatic heterocycles. The maximum Gasteiger partial charge on any atom is 0.271 e. The summed E-state index contributed by atoms with van der Waals surface area (Å²) in [4.78, 5) is 26.4. The van der Waals surface area contributed by atoms with E-state index in [1.807, 2.05) is 0 Å². The molecular formula is C12H13N5O4S. The number of nitrogens with one attached hydrogen (secondary N) is 2. The zero-order valence-electron chi connectivity index (χ0n) is 11.8. The molecule has 0 aliphatic rings. The lowest BCUT2D eigenvalue weighted by Crippen LogP contribution is -2.22. The Labute approximate surface area is 129 Å². The van der Waals surface area contributed by atoms with E-state index >= 15 is 0 Å². The van der Waals surface area contributed by atoms with Gasteiger partial charge in [0.25, 0.3) is 5.69 Å². The van der Waals surface area contributed by atoms with Crippen LogP contribution in [0.4, 0.5) is 11.4 Å². The summed E-state index contributed by atoms with van der Waals surface area (Å²) in [6.07, 6.45) is 1.34. The van der Waals surface area contributed by atoms with Gasteiger partial charge in [-0.25, -0.2) is 4.98 Å². The highest BCUT2D eigenvalue weighted by Gasteiger charge is 2.19. The number of thioether (sulfide) groups is 1. The zero-order chi connectivity index (χ0) is 16.1. The van der Waals surface area contributed by atoms with E-state index in [1.165, 1.54) is 43.4 Å². The number of carbonyl (C=O) groups is 1. The van der Waals surface area contributed by atoms with Crippen molar-refractivity contribution in [1.29, 1.82) is 0 Å². The van der Waals surface area contributed by atoms with E-state index < -0.39 is 10.2 Å². The van der Waals surface area contributed by atoms with Gasteiger partial charge in [-0.15, -0.1) is 0 Å². The summed E-state index contributed by atoms with van der Waals surface area (Å²) >= 11 is 1.19. The van der Waals surface area contributed by atoms with Crippen LogP contribution in [0.2, 0.25) is 0 Å². The topological polar surface area (TPSA) is 123 Å². The lowest BCUT2D eigenvalue weighted by atomic mass is 10.2. The number of rotatable bonds is 6. The summed E-state index contributed by atoms with van der Waals surface area (Å²) in [5.41, 5.74) is 0.110. The van der Waals surface area contributed by atoms with Crippen molar-refractivity contribution in [3.05, 3.63) is 34.6 Å². The maximum absolute atomic E-state index is 12.2. The Bertz CT molecular complexity index is 676.